The first-order valence-corrected chi connectivity index (χ1v) is 10.4. The number of esters is 1. The molecule has 164 valence electrons. The van der Waals surface area contributed by atoms with E-state index in [0.717, 1.165) is 18.4 Å². The van der Waals surface area contributed by atoms with E-state index in [1.807, 2.05) is 31.2 Å². The van der Waals surface area contributed by atoms with Crippen LogP contribution in [0.2, 0.25) is 0 Å². The molecule has 1 heterocycles. The summed E-state index contributed by atoms with van der Waals surface area (Å²) in [6.45, 7) is 5.12. The van der Waals surface area contributed by atoms with Crippen LogP contribution in [0.5, 0.6) is 11.5 Å². The molecular weight excluding hydrogens is 396 g/mol. The zero-order valence-electron chi connectivity index (χ0n) is 17.9. The van der Waals surface area contributed by atoms with Crippen LogP contribution in [0.15, 0.2) is 48.5 Å². The molecule has 31 heavy (non-hydrogen) atoms. The van der Waals surface area contributed by atoms with E-state index in [-0.39, 0.29) is 18.4 Å². The third-order valence-electron chi connectivity index (χ3n) is 5.22. The number of hydrogen-bond donors (Lipinski definition) is 1. The summed E-state index contributed by atoms with van der Waals surface area (Å²) in [7, 11) is 0. The number of amides is 2. The summed E-state index contributed by atoms with van der Waals surface area (Å²) < 4.78 is 10.6. The Labute approximate surface area is 182 Å². The SMILES string of the molecule is CC(=O)Oc1cccc(C(=O)N2CCC(CNC(=O)COc3ccc(C)cc3)CC2)c1. The van der Waals surface area contributed by atoms with Gasteiger partial charge in [-0.2, -0.15) is 0 Å². The summed E-state index contributed by atoms with van der Waals surface area (Å²) in [5.41, 5.74) is 1.64. The van der Waals surface area contributed by atoms with E-state index in [1.165, 1.54) is 6.92 Å². The fourth-order valence-electron chi connectivity index (χ4n) is 3.47. The fraction of sp³-hybridized carbons (Fsp3) is 0.375. The second-order valence-corrected chi connectivity index (χ2v) is 7.76. The second kappa shape index (κ2) is 10.6. The Hall–Kier alpha value is -3.35. The number of ether oxygens (including phenoxy) is 2. The number of carbonyl (C=O) groups is 3. The van der Waals surface area contributed by atoms with Gasteiger partial charge in [0, 0.05) is 32.1 Å². The molecule has 0 aromatic heterocycles. The molecule has 2 amide bonds. The van der Waals surface area contributed by atoms with Crippen molar-refractivity contribution in [1.29, 1.82) is 0 Å². The first kappa shape index (κ1) is 22.3. The Kier molecular flexibility index (Phi) is 7.65. The van der Waals surface area contributed by atoms with Crippen molar-refractivity contribution in [2.45, 2.75) is 26.7 Å². The third kappa shape index (κ3) is 6.84. The van der Waals surface area contributed by atoms with E-state index in [4.69, 9.17) is 9.47 Å². The molecule has 1 saturated heterocycles. The maximum Gasteiger partial charge on any atom is 0.308 e. The number of nitrogens with zero attached hydrogens (tertiary/aromatic N) is 1. The van der Waals surface area contributed by atoms with Gasteiger partial charge < -0.3 is 19.7 Å². The Balaban J connectivity index is 1.40. The number of carbonyl (C=O) groups excluding carboxylic acids is 3. The predicted molar refractivity (Wildman–Crippen MR) is 116 cm³/mol. The average Bonchev–Trinajstić information content (AvgIpc) is 2.77. The molecule has 0 saturated carbocycles. The van der Waals surface area contributed by atoms with Crippen LogP contribution in [0, 0.1) is 12.8 Å². The van der Waals surface area contributed by atoms with Crippen molar-refractivity contribution in [1.82, 2.24) is 10.2 Å². The highest BCUT2D eigenvalue weighted by molar-refractivity contribution is 5.94. The van der Waals surface area contributed by atoms with Crippen molar-refractivity contribution >= 4 is 17.8 Å². The standard InChI is InChI=1S/C24H28N2O5/c1-17-6-8-21(9-7-17)30-16-23(28)25-15-19-10-12-26(13-11-19)24(29)20-4-3-5-22(14-20)31-18(2)27/h3-9,14,19H,10-13,15-16H2,1-2H3,(H,25,28). The minimum Gasteiger partial charge on any atom is -0.484 e. The zero-order chi connectivity index (χ0) is 22.2. The van der Waals surface area contributed by atoms with Gasteiger partial charge in [0.2, 0.25) is 0 Å². The van der Waals surface area contributed by atoms with Gasteiger partial charge in [-0.05, 0) is 56.0 Å². The lowest BCUT2D eigenvalue weighted by molar-refractivity contribution is -0.131. The Morgan fingerprint density at radius 2 is 1.74 bits per heavy atom. The molecule has 0 bridgehead atoms. The highest BCUT2D eigenvalue weighted by Crippen LogP contribution is 2.21. The summed E-state index contributed by atoms with van der Waals surface area (Å²) in [6, 6.07) is 14.2. The van der Waals surface area contributed by atoms with Crippen LogP contribution >= 0.6 is 0 Å². The van der Waals surface area contributed by atoms with Gasteiger partial charge >= 0.3 is 5.97 Å². The minimum atomic E-state index is -0.420. The monoisotopic (exact) mass is 424 g/mol. The maximum atomic E-state index is 12.8. The van der Waals surface area contributed by atoms with Crippen molar-refractivity contribution in [3.63, 3.8) is 0 Å². The highest BCUT2D eigenvalue weighted by Gasteiger charge is 2.24. The molecule has 1 aliphatic rings. The van der Waals surface area contributed by atoms with Gasteiger partial charge in [0.25, 0.3) is 11.8 Å². The van der Waals surface area contributed by atoms with Gasteiger partial charge in [-0.25, -0.2) is 0 Å². The largest absolute Gasteiger partial charge is 0.484 e. The number of rotatable bonds is 7. The first-order chi connectivity index (χ1) is 14.9. The van der Waals surface area contributed by atoms with Crippen LogP contribution in [-0.4, -0.2) is 48.9 Å². The summed E-state index contributed by atoms with van der Waals surface area (Å²) in [4.78, 5) is 37.7. The van der Waals surface area contributed by atoms with Crippen molar-refractivity contribution in [3.8, 4) is 11.5 Å². The van der Waals surface area contributed by atoms with Crippen LogP contribution in [0.1, 0.15) is 35.7 Å². The van der Waals surface area contributed by atoms with Crippen molar-refractivity contribution in [3.05, 3.63) is 59.7 Å². The number of likely N-dealkylation sites (tertiary alicyclic amines) is 1. The van der Waals surface area contributed by atoms with E-state index in [0.29, 0.717) is 42.6 Å². The maximum absolute atomic E-state index is 12.8. The van der Waals surface area contributed by atoms with Crippen LogP contribution in [0.4, 0.5) is 0 Å². The van der Waals surface area contributed by atoms with Gasteiger partial charge in [-0.3, -0.25) is 14.4 Å². The third-order valence-corrected chi connectivity index (χ3v) is 5.22. The fourth-order valence-corrected chi connectivity index (χ4v) is 3.47. The molecule has 7 nitrogen and oxygen atoms in total. The van der Waals surface area contributed by atoms with Gasteiger partial charge in [0.05, 0.1) is 0 Å². The lowest BCUT2D eigenvalue weighted by atomic mass is 9.96. The Morgan fingerprint density at radius 3 is 2.42 bits per heavy atom. The van der Waals surface area contributed by atoms with Gasteiger partial charge in [-0.1, -0.05) is 23.8 Å². The smallest absolute Gasteiger partial charge is 0.308 e. The number of hydrogen-bond acceptors (Lipinski definition) is 5. The number of benzene rings is 2. The second-order valence-electron chi connectivity index (χ2n) is 7.76. The lowest BCUT2D eigenvalue weighted by Gasteiger charge is -2.32. The quantitative estimate of drug-likeness (QED) is 0.546. The Morgan fingerprint density at radius 1 is 1.03 bits per heavy atom. The normalized spacial score (nSPS) is 14.1. The van der Waals surface area contributed by atoms with Gasteiger partial charge in [-0.15, -0.1) is 0 Å². The van der Waals surface area contributed by atoms with Crippen LogP contribution < -0.4 is 14.8 Å². The molecule has 1 fully saturated rings. The van der Waals surface area contributed by atoms with E-state index in [1.54, 1.807) is 29.2 Å². The molecular formula is C24H28N2O5. The lowest BCUT2D eigenvalue weighted by Crippen LogP contribution is -2.42. The van der Waals surface area contributed by atoms with E-state index in [9.17, 15) is 14.4 Å². The molecule has 0 unspecified atom stereocenters. The molecule has 2 aromatic rings. The predicted octanol–water partition coefficient (Wildman–Crippen LogP) is 2.97. The minimum absolute atomic E-state index is 0.0148. The van der Waals surface area contributed by atoms with E-state index in [2.05, 4.69) is 5.32 Å². The van der Waals surface area contributed by atoms with Crippen molar-refractivity contribution in [2.75, 3.05) is 26.2 Å². The first-order valence-electron chi connectivity index (χ1n) is 10.4. The molecule has 0 spiro atoms. The van der Waals surface area contributed by atoms with Crippen LogP contribution in [0.25, 0.3) is 0 Å². The number of aryl methyl sites for hydroxylation is 1. The molecule has 0 radical (unpaired) electrons. The van der Waals surface area contributed by atoms with Crippen LogP contribution in [-0.2, 0) is 9.59 Å². The summed E-state index contributed by atoms with van der Waals surface area (Å²) in [6.07, 6.45) is 1.63. The van der Waals surface area contributed by atoms with Crippen molar-refractivity contribution in [2.24, 2.45) is 5.92 Å². The topological polar surface area (TPSA) is 84.9 Å². The summed E-state index contributed by atoms with van der Waals surface area (Å²) in [5.74, 6) is 0.704. The van der Waals surface area contributed by atoms with E-state index >= 15 is 0 Å². The summed E-state index contributed by atoms with van der Waals surface area (Å²) >= 11 is 0. The number of piperidine rings is 1. The van der Waals surface area contributed by atoms with Crippen molar-refractivity contribution < 1.29 is 23.9 Å². The van der Waals surface area contributed by atoms with E-state index < -0.39 is 5.97 Å². The molecule has 0 atom stereocenters. The highest BCUT2D eigenvalue weighted by atomic mass is 16.5. The zero-order valence-corrected chi connectivity index (χ0v) is 17.9. The molecule has 1 aliphatic heterocycles. The van der Waals surface area contributed by atoms with Crippen LogP contribution in [0.3, 0.4) is 0 Å². The van der Waals surface area contributed by atoms with Gasteiger partial charge in [0.1, 0.15) is 11.5 Å². The summed E-state index contributed by atoms with van der Waals surface area (Å²) in [5, 5.41) is 2.92. The molecule has 7 heteroatoms. The molecule has 3 rings (SSSR count). The molecule has 2 aromatic carbocycles. The molecule has 0 aliphatic carbocycles. The average molecular weight is 424 g/mol. The molecule has 1 N–H and O–H groups in total. The van der Waals surface area contributed by atoms with Gasteiger partial charge in [0.15, 0.2) is 6.61 Å². The Bertz CT molecular complexity index is 918. The number of nitrogens with one attached hydrogen (secondary N) is 1.